The molecular weight excluding hydrogens is 376 g/mol. The quantitative estimate of drug-likeness (QED) is 0.574. The molecule has 0 aliphatic rings. The minimum atomic E-state index is 0.164. The van der Waals surface area contributed by atoms with Crippen molar-refractivity contribution in [3.05, 3.63) is 75.9 Å². The molecule has 0 fully saturated rings. The van der Waals surface area contributed by atoms with E-state index in [2.05, 4.69) is 68.6 Å². The summed E-state index contributed by atoms with van der Waals surface area (Å²) in [5.74, 6) is 1.39. The molecule has 1 heterocycles. The van der Waals surface area contributed by atoms with Crippen molar-refractivity contribution in [2.45, 2.75) is 26.8 Å². The zero-order valence-corrected chi connectivity index (χ0v) is 16.1. The van der Waals surface area contributed by atoms with Crippen LogP contribution in [0, 0.1) is 13.8 Å². The number of aromatic nitrogens is 2. The molecule has 0 spiro atoms. The molecule has 1 unspecified atom stereocenters. The molecule has 3 aromatic rings. The monoisotopic (exact) mass is 396 g/mol. The average molecular weight is 397 g/mol. The van der Waals surface area contributed by atoms with Crippen LogP contribution in [0.3, 0.4) is 0 Å². The molecule has 0 aliphatic carbocycles. The largest absolute Gasteiger partial charge is 0.363 e. The third-order valence-electron chi connectivity index (χ3n) is 3.95. The van der Waals surface area contributed by atoms with Crippen molar-refractivity contribution in [2.75, 3.05) is 10.6 Å². The molecule has 2 aromatic carbocycles. The number of anilines is 3. The van der Waals surface area contributed by atoms with Gasteiger partial charge in [0.15, 0.2) is 0 Å². The highest BCUT2D eigenvalue weighted by Crippen LogP contribution is 2.24. The number of benzene rings is 2. The second kappa shape index (κ2) is 7.66. The van der Waals surface area contributed by atoms with Gasteiger partial charge in [-0.1, -0.05) is 52.3 Å². The Morgan fingerprint density at radius 1 is 0.960 bits per heavy atom. The number of rotatable bonds is 5. The number of halogens is 1. The van der Waals surface area contributed by atoms with Gasteiger partial charge in [0.25, 0.3) is 0 Å². The summed E-state index contributed by atoms with van der Waals surface area (Å²) in [6, 6.07) is 18.5. The maximum Gasteiger partial charge on any atom is 0.229 e. The Bertz CT molecular complexity index is 865. The first-order chi connectivity index (χ1) is 12.0. The molecule has 128 valence electrons. The van der Waals surface area contributed by atoms with Gasteiger partial charge in [0.2, 0.25) is 5.95 Å². The highest BCUT2D eigenvalue weighted by molar-refractivity contribution is 9.10. The molecule has 1 aromatic heterocycles. The van der Waals surface area contributed by atoms with Gasteiger partial charge in [-0.15, -0.1) is 0 Å². The molecular formula is C20H21BrN4. The van der Waals surface area contributed by atoms with E-state index in [9.17, 15) is 0 Å². The Labute approximate surface area is 156 Å². The Balaban J connectivity index is 1.79. The first-order valence-electron chi connectivity index (χ1n) is 8.21. The standard InChI is InChI=1S/C20H21BrN4/c1-13-9-10-17(12-18(13)21)24-20-22-14(2)11-19(25-20)23-15(3)16-7-5-4-6-8-16/h4-12,15H,1-3H3,(H2,22,23,24,25). The Morgan fingerprint density at radius 3 is 2.44 bits per heavy atom. The van der Waals surface area contributed by atoms with E-state index in [1.807, 2.05) is 43.3 Å². The number of nitrogens with one attached hydrogen (secondary N) is 2. The maximum atomic E-state index is 4.60. The summed E-state index contributed by atoms with van der Waals surface area (Å²) >= 11 is 3.55. The van der Waals surface area contributed by atoms with E-state index in [1.165, 1.54) is 11.1 Å². The fourth-order valence-electron chi connectivity index (χ4n) is 2.54. The Hall–Kier alpha value is -2.40. The van der Waals surface area contributed by atoms with Gasteiger partial charge < -0.3 is 10.6 Å². The number of nitrogens with zero attached hydrogens (tertiary/aromatic N) is 2. The predicted molar refractivity (Wildman–Crippen MR) is 107 cm³/mol. The smallest absolute Gasteiger partial charge is 0.229 e. The molecule has 0 amide bonds. The number of hydrogen-bond donors (Lipinski definition) is 2. The van der Waals surface area contributed by atoms with Crippen molar-refractivity contribution in [1.82, 2.24) is 9.97 Å². The third kappa shape index (κ3) is 4.57. The van der Waals surface area contributed by atoms with E-state index >= 15 is 0 Å². The van der Waals surface area contributed by atoms with E-state index in [0.717, 1.165) is 21.7 Å². The fraction of sp³-hybridized carbons (Fsp3) is 0.200. The molecule has 3 rings (SSSR count). The van der Waals surface area contributed by atoms with Crippen molar-refractivity contribution in [3.8, 4) is 0 Å². The molecule has 25 heavy (non-hydrogen) atoms. The zero-order valence-electron chi connectivity index (χ0n) is 14.5. The van der Waals surface area contributed by atoms with Gasteiger partial charge in [0.1, 0.15) is 5.82 Å². The molecule has 4 nitrogen and oxygen atoms in total. The Kier molecular flexibility index (Phi) is 5.34. The SMILES string of the molecule is Cc1cc(NC(C)c2ccccc2)nc(Nc2ccc(C)c(Br)c2)n1. The highest BCUT2D eigenvalue weighted by Gasteiger charge is 2.08. The van der Waals surface area contributed by atoms with E-state index in [-0.39, 0.29) is 6.04 Å². The van der Waals surface area contributed by atoms with Crippen molar-refractivity contribution in [1.29, 1.82) is 0 Å². The van der Waals surface area contributed by atoms with E-state index < -0.39 is 0 Å². The topological polar surface area (TPSA) is 49.8 Å². The normalized spacial score (nSPS) is 11.8. The average Bonchev–Trinajstić information content (AvgIpc) is 2.58. The van der Waals surface area contributed by atoms with E-state index in [4.69, 9.17) is 0 Å². The Morgan fingerprint density at radius 2 is 1.72 bits per heavy atom. The summed E-state index contributed by atoms with van der Waals surface area (Å²) in [7, 11) is 0. The summed E-state index contributed by atoms with van der Waals surface area (Å²) in [5, 5.41) is 6.72. The minimum absolute atomic E-state index is 0.164. The highest BCUT2D eigenvalue weighted by atomic mass is 79.9. The molecule has 0 aliphatic heterocycles. The molecule has 0 radical (unpaired) electrons. The van der Waals surface area contributed by atoms with Crippen LogP contribution in [0.1, 0.15) is 29.8 Å². The van der Waals surface area contributed by atoms with Gasteiger partial charge >= 0.3 is 0 Å². The minimum Gasteiger partial charge on any atom is -0.363 e. The van der Waals surface area contributed by atoms with Gasteiger partial charge in [-0.2, -0.15) is 4.98 Å². The van der Waals surface area contributed by atoms with Crippen molar-refractivity contribution in [3.63, 3.8) is 0 Å². The lowest BCUT2D eigenvalue weighted by Gasteiger charge is -2.16. The predicted octanol–water partition coefficient (Wildman–Crippen LogP) is 5.77. The summed E-state index contributed by atoms with van der Waals surface area (Å²) in [5.41, 5.74) is 4.27. The van der Waals surface area contributed by atoms with Gasteiger partial charge in [-0.25, -0.2) is 4.98 Å². The summed E-state index contributed by atoms with van der Waals surface area (Å²) < 4.78 is 1.06. The van der Waals surface area contributed by atoms with Gasteiger partial charge in [-0.3, -0.25) is 0 Å². The first kappa shape index (κ1) is 17.4. The summed E-state index contributed by atoms with van der Waals surface area (Å²) in [6.45, 7) is 6.15. The van der Waals surface area contributed by atoms with Crippen LogP contribution in [0.5, 0.6) is 0 Å². The molecule has 1 atom stereocenters. The van der Waals surface area contributed by atoms with Crippen LogP contribution in [0.15, 0.2) is 59.1 Å². The second-order valence-electron chi connectivity index (χ2n) is 6.08. The van der Waals surface area contributed by atoms with Crippen molar-refractivity contribution in [2.24, 2.45) is 0 Å². The van der Waals surface area contributed by atoms with E-state index in [0.29, 0.717) is 5.95 Å². The number of hydrogen-bond acceptors (Lipinski definition) is 4. The third-order valence-corrected chi connectivity index (χ3v) is 4.80. The molecule has 0 bridgehead atoms. The lowest BCUT2D eigenvalue weighted by molar-refractivity contribution is 0.871. The van der Waals surface area contributed by atoms with Crippen LogP contribution in [0.25, 0.3) is 0 Å². The van der Waals surface area contributed by atoms with Crippen LogP contribution in [-0.2, 0) is 0 Å². The molecule has 5 heteroatoms. The molecule has 0 saturated heterocycles. The van der Waals surface area contributed by atoms with Crippen molar-refractivity contribution >= 4 is 33.4 Å². The zero-order chi connectivity index (χ0) is 17.8. The first-order valence-corrected chi connectivity index (χ1v) is 9.01. The van der Waals surface area contributed by atoms with Crippen LogP contribution in [0.4, 0.5) is 17.5 Å². The van der Waals surface area contributed by atoms with Gasteiger partial charge in [0, 0.05) is 28.0 Å². The lowest BCUT2D eigenvalue weighted by Crippen LogP contribution is -2.09. The van der Waals surface area contributed by atoms with Crippen LogP contribution in [0.2, 0.25) is 0 Å². The summed E-state index contributed by atoms with van der Waals surface area (Å²) in [4.78, 5) is 9.08. The summed E-state index contributed by atoms with van der Waals surface area (Å²) in [6.07, 6.45) is 0. The maximum absolute atomic E-state index is 4.60. The van der Waals surface area contributed by atoms with Crippen LogP contribution >= 0.6 is 15.9 Å². The van der Waals surface area contributed by atoms with Crippen LogP contribution in [-0.4, -0.2) is 9.97 Å². The fourth-order valence-corrected chi connectivity index (χ4v) is 2.92. The van der Waals surface area contributed by atoms with Crippen LogP contribution < -0.4 is 10.6 Å². The van der Waals surface area contributed by atoms with Gasteiger partial charge in [-0.05, 0) is 44.0 Å². The van der Waals surface area contributed by atoms with E-state index in [1.54, 1.807) is 0 Å². The lowest BCUT2D eigenvalue weighted by atomic mass is 10.1. The van der Waals surface area contributed by atoms with Gasteiger partial charge in [0.05, 0.1) is 0 Å². The molecule has 2 N–H and O–H groups in total. The van der Waals surface area contributed by atoms with Crippen molar-refractivity contribution < 1.29 is 0 Å². The second-order valence-corrected chi connectivity index (χ2v) is 6.94. The molecule has 0 saturated carbocycles. The number of aryl methyl sites for hydroxylation is 2.